The number of piperidine rings is 1. The molecule has 0 unspecified atom stereocenters. The summed E-state index contributed by atoms with van der Waals surface area (Å²) in [6, 6.07) is 4.87. The molecule has 1 amide bonds. The molecule has 2 aliphatic heterocycles. The molecule has 0 aliphatic carbocycles. The molecule has 2 fully saturated rings. The third-order valence-electron chi connectivity index (χ3n) is 6.69. The number of carbonyl (C=O) groups excluding carboxylic acids is 1. The number of alkyl halides is 6. The van der Waals surface area contributed by atoms with E-state index in [-0.39, 0.29) is 11.9 Å². The molecule has 13 heteroatoms. The zero-order chi connectivity index (χ0) is 26.6. The van der Waals surface area contributed by atoms with Crippen LogP contribution >= 0.6 is 0 Å². The predicted octanol–water partition coefficient (Wildman–Crippen LogP) is 4.13. The fourth-order valence-corrected chi connectivity index (χ4v) is 4.57. The van der Waals surface area contributed by atoms with Crippen LogP contribution in [0.2, 0.25) is 0 Å². The summed E-state index contributed by atoms with van der Waals surface area (Å²) in [7, 11) is 0. The van der Waals surface area contributed by atoms with Gasteiger partial charge in [-0.1, -0.05) is 0 Å². The van der Waals surface area contributed by atoms with E-state index in [0.29, 0.717) is 76.5 Å². The van der Waals surface area contributed by atoms with Crippen molar-refractivity contribution in [2.24, 2.45) is 0 Å². The fraction of sp³-hybridized carbons (Fsp3) is 0.542. The third kappa shape index (κ3) is 7.24. The molecule has 4 heterocycles. The number of nitrogens with one attached hydrogen (secondary N) is 1. The van der Waals surface area contributed by atoms with Gasteiger partial charge < -0.3 is 15.1 Å². The van der Waals surface area contributed by atoms with E-state index in [4.69, 9.17) is 0 Å². The van der Waals surface area contributed by atoms with Crippen LogP contribution in [0.3, 0.4) is 0 Å². The quantitative estimate of drug-likeness (QED) is 0.567. The Morgan fingerprint density at radius 2 is 1.57 bits per heavy atom. The number of pyridine rings is 2. The van der Waals surface area contributed by atoms with Gasteiger partial charge in [-0.25, -0.2) is 4.98 Å². The van der Waals surface area contributed by atoms with Gasteiger partial charge in [0, 0.05) is 70.2 Å². The largest absolute Gasteiger partial charge is 0.433 e. The lowest BCUT2D eigenvalue weighted by Gasteiger charge is -2.37. The number of amides is 1. The number of nitrogens with zero attached hydrogens (tertiary/aromatic N) is 5. The monoisotopic (exact) mass is 530 g/mol. The van der Waals surface area contributed by atoms with E-state index in [1.807, 2.05) is 4.90 Å². The molecule has 2 saturated heterocycles. The predicted molar refractivity (Wildman–Crippen MR) is 125 cm³/mol. The first-order valence-corrected chi connectivity index (χ1v) is 12.1. The van der Waals surface area contributed by atoms with Crippen molar-refractivity contribution in [3.8, 4) is 0 Å². The minimum atomic E-state index is -4.50. The number of likely N-dealkylation sites (tertiary alicyclic amines) is 1. The summed E-state index contributed by atoms with van der Waals surface area (Å²) in [5.41, 5.74) is -0.858. The first-order chi connectivity index (χ1) is 17.5. The number of hydrogen-bond donors (Lipinski definition) is 1. The van der Waals surface area contributed by atoms with Crippen LogP contribution in [0.4, 0.5) is 37.7 Å². The highest BCUT2D eigenvalue weighted by Gasteiger charge is 2.33. The maximum absolute atomic E-state index is 12.9. The molecule has 0 atom stereocenters. The van der Waals surface area contributed by atoms with Gasteiger partial charge in [0.2, 0.25) is 5.91 Å². The number of hydrogen-bond acceptors (Lipinski definition) is 6. The van der Waals surface area contributed by atoms with E-state index < -0.39 is 23.7 Å². The topological polar surface area (TPSA) is 64.6 Å². The van der Waals surface area contributed by atoms with Gasteiger partial charge in [-0.2, -0.15) is 26.3 Å². The molecule has 0 spiro atoms. The normalized spacial score (nSPS) is 18.2. The van der Waals surface area contributed by atoms with Crippen molar-refractivity contribution in [2.45, 2.75) is 37.7 Å². The molecular formula is C24H28F6N6O. The highest BCUT2D eigenvalue weighted by molar-refractivity contribution is 5.76. The number of halogens is 6. The minimum Gasteiger partial charge on any atom is -0.382 e. The summed E-state index contributed by atoms with van der Waals surface area (Å²) in [5.74, 6) is 0.0380. The van der Waals surface area contributed by atoms with Crippen molar-refractivity contribution in [3.63, 3.8) is 0 Å². The number of piperazine rings is 1. The first-order valence-electron chi connectivity index (χ1n) is 12.1. The minimum absolute atomic E-state index is 0.0275. The van der Waals surface area contributed by atoms with Gasteiger partial charge in [-0.05, 0) is 37.1 Å². The maximum atomic E-state index is 12.9. The molecule has 0 aromatic carbocycles. The summed E-state index contributed by atoms with van der Waals surface area (Å²) in [4.78, 5) is 25.5. The SMILES string of the molecule is O=C(CCN1CCN(c2ccc(C(F)(F)F)nc2)CC1)N1CCC(Nc2ccnc(C(F)(F)F)c2)CC1. The zero-order valence-electron chi connectivity index (χ0n) is 20.0. The second kappa shape index (κ2) is 11.1. The molecule has 0 radical (unpaired) electrons. The molecular weight excluding hydrogens is 502 g/mol. The summed E-state index contributed by atoms with van der Waals surface area (Å²) in [6.07, 6.45) is -4.96. The fourth-order valence-electron chi connectivity index (χ4n) is 4.57. The third-order valence-corrected chi connectivity index (χ3v) is 6.69. The van der Waals surface area contributed by atoms with Crippen LogP contribution < -0.4 is 10.2 Å². The molecule has 202 valence electrons. The lowest BCUT2D eigenvalue weighted by Crippen LogP contribution is -2.48. The van der Waals surface area contributed by atoms with E-state index in [2.05, 4.69) is 20.2 Å². The molecule has 0 bridgehead atoms. The molecule has 2 aromatic rings. The summed E-state index contributed by atoms with van der Waals surface area (Å²) < 4.78 is 76.7. The van der Waals surface area contributed by atoms with E-state index in [1.165, 1.54) is 18.3 Å². The van der Waals surface area contributed by atoms with Crippen molar-refractivity contribution >= 4 is 17.3 Å². The van der Waals surface area contributed by atoms with Gasteiger partial charge in [0.25, 0.3) is 0 Å². The van der Waals surface area contributed by atoms with Crippen LogP contribution in [-0.2, 0) is 17.1 Å². The van der Waals surface area contributed by atoms with E-state index in [0.717, 1.165) is 18.3 Å². The van der Waals surface area contributed by atoms with Crippen LogP contribution in [0.15, 0.2) is 36.7 Å². The Morgan fingerprint density at radius 1 is 0.892 bits per heavy atom. The van der Waals surface area contributed by atoms with Gasteiger partial charge in [0.15, 0.2) is 0 Å². The standard InChI is InChI=1S/C24H28F6N6O/c25-23(26,27)20-2-1-19(16-32-20)35-13-11-34(12-14-35)8-6-22(37)36-9-4-17(5-10-36)33-18-3-7-31-21(15-18)24(28,29)30/h1-3,7,15-17H,4-6,8-14H2,(H,31,33). The Bertz CT molecular complexity index is 1040. The van der Waals surface area contributed by atoms with Crippen LogP contribution in [0.1, 0.15) is 30.7 Å². The molecule has 7 nitrogen and oxygen atoms in total. The molecule has 2 aromatic heterocycles. The van der Waals surface area contributed by atoms with Gasteiger partial charge in [-0.15, -0.1) is 0 Å². The Hall–Kier alpha value is -3.09. The Morgan fingerprint density at radius 3 is 2.16 bits per heavy atom. The highest BCUT2D eigenvalue weighted by atomic mass is 19.4. The van der Waals surface area contributed by atoms with Gasteiger partial charge in [0.1, 0.15) is 11.4 Å². The Kier molecular flexibility index (Phi) is 8.10. The van der Waals surface area contributed by atoms with E-state index >= 15 is 0 Å². The average Bonchev–Trinajstić information content (AvgIpc) is 2.87. The van der Waals surface area contributed by atoms with E-state index in [9.17, 15) is 31.1 Å². The molecule has 1 N–H and O–H groups in total. The van der Waals surface area contributed by atoms with Crippen molar-refractivity contribution in [2.75, 3.05) is 56.0 Å². The Labute approximate surface area is 210 Å². The highest BCUT2D eigenvalue weighted by Crippen LogP contribution is 2.30. The lowest BCUT2D eigenvalue weighted by atomic mass is 10.0. The van der Waals surface area contributed by atoms with E-state index in [1.54, 1.807) is 4.90 Å². The van der Waals surface area contributed by atoms with Gasteiger partial charge in [0.05, 0.1) is 11.9 Å². The van der Waals surface area contributed by atoms with Crippen LogP contribution in [0.25, 0.3) is 0 Å². The van der Waals surface area contributed by atoms with Gasteiger partial charge >= 0.3 is 12.4 Å². The second-order valence-electron chi connectivity index (χ2n) is 9.21. The smallest absolute Gasteiger partial charge is 0.382 e. The zero-order valence-corrected chi connectivity index (χ0v) is 20.0. The molecule has 0 saturated carbocycles. The van der Waals surface area contributed by atoms with Crippen LogP contribution in [0.5, 0.6) is 0 Å². The van der Waals surface area contributed by atoms with Crippen molar-refractivity contribution < 1.29 is 31.1 Å². The van der Waals surface area contributed by atoms with Crippen molar-refractivity contribution in [1.29, 1.82) is 0 Å². The summed E-state index contributed by atoms with van der Waals surface area (Å²) in [5, 5.41) is 3.11. The van der Waals surface area contributed by atoms with Crippen molar-refractivity contribution in [3.05, 3.63) is 48.0 Å². The number of rotatable bonds is 6. The molecule has 37 heavy (non-hydrogen) atoms. The summed E-state index contributed by atoms with van der Waals surface area (Å²) >= 11 is 0. The lowest BCUT2D eigenvalue weighted by molar-refractivity contribution is -0.141. The number of carbonyl (C=O) groups is 1. The molecule has 2 aliphatic rings. The van der Waals surface area contributed by atoms with Crippen LogP contribution in [0, 0.1) is 0 Å². The first kappa shape index (κ1) is 27.0. The van der Waals surface area contributed by atoms with Crippen LogP contribution in [-0.4, -0.2) is 77.5 Å². The second-order valence-corrected chi connectivity index (χ2v) is 9.21. The maximum Gasteiger partial charge on any atom is 0.433 e. The molecule has 4 rings (SSSR count). The Balaban J connectivity index is 1.16. The van der Waals surface area contributed by atoms with Crippen molar-refractivity contribution in [1.82, 2.24) is 19.8 Å². The number of aromatic nitrogens is 2. The average molecular weight is 531 g/mol. The van der Waals surface area contributed by atoms with Gasteiger partial charge in [-0.3, -0.25) is 14.7 Å². The summed E-state index contributed by atoms with van der Waals surface area (Å²) in [6.45, 7) is 4.28. The number of anilines is 2.